The average molecular weight is 473 g/mol. The largest absolute Gasteiger partial charge is 0.0619 e. The van der Waals surface area contributed by atoms with Crippen molar-refractivity contribution in [1.82, 2.24) is 0 Å². The molecule has 1 aliphatic carbocycles. The van der Waals surface area contributed by atoms with Crippen molar-refractivity contribution in [2.24, 2.45) is 0 Å². The third-order valence-corrected chi connectivity index (χ3v) is 9.33. The molecule has 0 atom stereocenters. The molecular formula is C37H28. The fourth-order valence-electron chi connectivity index (χ4n) is 7.40. The zero-order valence-electron chi connectivity index (χ0n) is 21.8. The van der Waals surface area contributed by atoms with Gasteiger partial charge in [0.2, 0.25) is 0 Å². The zero-order valence-corrected chi connectivity index (χ0v) is 21.8. The van der Waals surface area contributed by atoms with Gasteiger partial charge in [-0.1, -0.05) is 84.9 Å². The topological polar surface area (TPSA) is 0 Å². The van der Waals surface area contributed by atoms with Crippen LogP contribution in [0.2, 0.25) is 0 Å². The molecule has 7 aromatic carbocycles. The number of benzene rings is 7. The normalized spacial score (nSPS) is 12.8. The van der Waals surface area contributed by atoms with Crippen LogP contribution in [0.5, 0.6) is 0 Å². The maximum Gasteiger partial charge on any atom is -0.000728 e. The van der Waals surface area contributed by atoms with Gasteiger partial charge in [-0.05, 0) is 133 Å². The van der Waals surface area contributed by atoms with Gasteiger partial charge in [0.15, 0.2) is 0 Å². The van der Waals surface area contributed by atoms with Crippen LogP contribution in [0.25, 0.3) is 65.3 Å². The van der Waals surface area contributed by atoms with E-state index in [4.69, 9.17) is 0 Å². The summed E-state index contributed by atoms with van der Waals surface area (Å²) in [6, 6.07) is 31.8. The first-order valence-corrected chi connectivity index (χ1v) is 13.3. The highest BCUT2D eigenvalue weighted by Gasteiger charge is 2.27. The Hall–Kier alpha value is -4.16. The van der Waals surface area contributed by atoms with Crippen molar-refractivity contribution >= 4 is 43.1 Å². The van der Waals surface area contributed by atoms with Crippen LogP contribution >= 0.6 is 0 Å². The summed E-state index contributed by atoms with van der Waals surface area (Å²) in [5.41, 5.74) is 14.1. The number of hydrogen-bond acceptors (Lipinski definition) is 0. The summed E-state index contributed by atoms with van der Waals surface area (Å²) >= 11 is 0. The van der Waals surface area contributed by atoms with Gasteiger partial charge in [-0.2, -0.15) is 0 Å². The monoisotopic (exact) mass is 472 g/mol. The van der Waals surface area contributed by atoms with E-state index in [2.05, 4.69) is 113 Å². The average Bonchev–Trinajstić information content (AvgIpc) is 3.32. The molecule has 0 bridgehead atoms. The molecule has 0 amide bonds. The van der Waals surface area contributed by atoms with Crippen LogP contribution in [-0.2, 0) is 6.42 Å². The maximum atomic E-state index is 2.37. The van der Waals surface area contributed by atoms with Crippen LogP contribution in [0, 0.1) is 27.7 Å². The Morgan fingerprint density at radius 1 is 0.405 bits per heavy atom. The molecule has 176 valence electrons. The van der Waals surface area contributed by atoms with Gasteiger partial charge in [0.05, 0.1) is 0 Å². The fourth-order valence-corrected chi connectivity index (χ4v) is 7.40. The summed E-state index contributed by atoms with van der Waals surface area (Å²) in [6.45, 7) is 9.32. The van der Waals surface area contributed by atoms with E-state index in [1.54, 1.807) is 0 Å². The summed E-state index contributed by atoms with van der Waals surface area (Å²) in [5.74, 6) is 0. The summed E-state index contributed by atoms with van der Waals surface area (Å²) in [6.07, 6.45) is 0.998. The van der Waals surface area contributed by atoms with Crippen molar-refractivity contribution in [3.05, 3.63) is 118 Å². The van der Waals surface area contributed by atoms with Crippen LogP contribution < -0.4 is 0 Å². The lowest BCUT2D eigenvalue weighted by Crippen LogP contribution is -2.01. The molecule has 0 spiro atoms. The molecule has 0 aromatic heterocycles. The van der Waals surface area contributed by atoms with Crippen LogP contribution in [0.1, 0.15) is 33.4 Å². The molecule has 0 aliphatic heterocycles. The van der Waals surface area contributed by atoms with Crippen molar-refractivity contribution in [3.8, 4) is 22.3 Å². The zero-order chi connectivity index (χ0) is 25.0. The van der Waals surface area contributed by atoms with Crippen molar-refractivity contribution in [1.29, 1.82) is 0 Å². The first-order chi connectivity index (χ1) is 18.1. The highest BCUT2D eigenvalue weighted by atomic mass is 14.3. The first-order valence-electron chi connectivity index (χ1n) is 13.3. The third kappa shape index (κ3) is 2.53. The Kier molecular flexibility index (Phi) is 4.08. The minimum Gasteiger partial charge on any atom is -0.0619 e. The van der Waals surface area contributed by atoms with Gasteiger partial charge in [0.1, 0.15) is 0 Å². The molecule has 7 aromatic rings. The van der Waals surface area contributed by atoms with Crippen molar-refractivity contribution in [2.75, 3.05) is 0 Å². The minimum atomic E-state index is 0.998. The number of aryl methyl sites for hydroxylation is 3. The van der Waals surface area contributed by atoms with Gasteiger partial charge in [-0.3, -0.25) is 0 Å². The molecule has 37 heavy (non-hydrogen) atoms. The predicted molar refractivity (Wildman–Crippen MR) is 160 cm³/mol. The van der Waals surface area contributed by atoms with Gasteiger partial charge < -0.3 is 0 Å². The molecule has 0 saturated heterocycles. The number of hydrogen-bond donors (Lipinski definition) is 0. The van der Waals surface area contributed by atoms with E-state index in [0.717, 1.165) is 6.42 Å². The Balaban J connectivity index is 1.66. The molecule has 8 rings (SSSR count). The van der Waals surface area contributed by atoms with Crippen molar-refractivity contribution in [3.63, 3.8) is 0 Å². The van der Waals surface area contributed by atoms with Gasteiger partial charge in [-0.25, -0.2) is 0 Å². The van der Waals surface area contributed by atoms with Crippen LogP contribution in [0.3, 0.4) is 0 Å². The van der Waals surface area contributed by atoms with Gasteiger partial charge in [-0.15, -0.1) is 0 Å². The summed E-state index contributed by atoms with van der Waals surface area (Å²) < 4.78 is 0. The Morgan fingerprint density at radius 2 is 1.00 bits per heavy atom. The second kappa shape index (κ2) is 7.20. The highest BCUT2D eigenvalue weighted by molar-refractivity contribution is 6.37. The molecule has 0 heteroatoms. The van der Waals surface area contributed by atoms with E-state index >= 15 is 0 Å². The lowest BCUT2D eigenvalue weighted by molar-refractivity contribution is 1.26. The first kappa shape index (κ1) is 21.0. The van der Waals surface area contributed by atoms with E-state index in [9.17, 15) is 0 Å². The molecule has 0 unspecified atom stereocenters. The quantitative estimate of drug-likeness (QED) is 0.165. The Bertz CT molecular complexity index is 2090. The fraction of sp³-hybridized carbons (Fsp3) is 0.135. The predicted octanol–water partition coefficient (Wildman–Crippen LogP) is 10.2. The molecule has 0 fully saturated rings. The van der Waals surface area contributed by atoms with Crippen LogP contribution in [-0.4, -0.2) is 0 Å². The van der Waals surface area contributed by atoms with Crippen LogP contribution in [0.15, 0.2) is 84.9 Å². The summed E-state index contributed by atoms with van der Waals surface area (Å²) in [5, 5.41) is 11.2. The molecule has 0 N–H and O–H groups in total. The molecule has 0 nitrogen and oxygen atoms in total. The van der Waals surface area contributed by atoms with E-state index in [0.29, 0.717) is 0 Å². The molecule has 0 radical (unpaired) electrons. The van der Waals surface area contributed by atoms with Crippen molar-refractivity contribution < 1.29 is 0 Å². The lowest BCUT2D eigenvalue weighted by Gasteiger charge is -2.25. The summed E-state index contributed by atoms with van der Waals surface area (Å²) in [7, 11) is 0. The summed E-state index contributed by atoms with van der Waals surface area (Å²) in [4.78, 5) is 0. The van der Waals surface area contributed by atoms with Gasteiger partial charge in [0.25, 0.3) is 0 Å². The highest BCUT2D eigenvalue weighted by Crippen LogP contribution is 2.51. The molecular weight excluding hydrogens is 444 g/mol. The maximum absolute atomic E-state index is 2.37. The smallest absolute Gasteiger partial charge is 0.000728 e. The number of rotatable bonds is 1. The molecule has 1 aliphatic rings. The van der Waals surface area contributed by atoms with Gasteiger partial charge in [0, 0.05) is 0 Å². The second-order valence-electron chi connectivity index (χ2n) is 10.9. The van der Waals surface area contributed by atoms with E-state index in [-0.39, 0.29) is 0 Å². The van der Waals surface area contributed by atoms with Crippen LogP contribution in [0.4, 0.5) is 0 Å². The molecule has 0 saturated carbocycles. The SMILES string of the molecule is Cc1c(C)c2c(C)c(C)c3cccc4c5ccccc5c(c1-c1cccc5c1Cc1ccccc1-5)c2c34. The molecule has 0 heterocycles. The van der Waals surface area contributed by atoms with E-state index < -0.39 is 0 Å². The Morgan fingerprint density at radius 3 is 1.86 bits per heavy atom. The van der Waals surface area contributed by atoms with Crippen molar-refractivity contribution in [2.45, 2.75) is 34.1 Å². The van der Waals surface area contributed by atoms with Gasteiger partial charge >= 0.3 is 0 Å². The minimum absolute atomic E-state index is 0.998. The second-order valence-corrected chi connectivity index (χ2v) is 10.9. The lowest BCUT2D eigenvalue weighted by atomic mass is 9.78. The Labute approximate surface area is 217 Å². The standard InChI is InChI=1S/C37H28/c1-20-21(2)33-22(3)23(4)34(31-18-10-16-27-26-12-6-5-11-24(26)19-32(27)31)36-30-14-8-7-13-28(30)29-17-9-15-25(20)35(29)37(33)36/h5-18H,19H2,1-4H3. The van der Waals surface area contributed by atoms with E-state index in [1.807, 2.05) is 0 Å². The third-order valence-electron chi connectivity index (χ3n) is 9.33. The van der Waals surface area contributed by atoms with E-state index in [1.165, 1.54) is 98.7 Å². The number of fused-ring (bicyclic) bond motifs is 6.